The summed E-state index contributed by atoms with van der Waals surface area (Å²) in [4.78, 5) is 30.5. The molecule has 0 spiro atoms. The van der Waals surface area contributed by atoms with E-state index in [-0.39, 0.29) is 17.5 Å². The number of aromatic nitrogens is 2. The Balaban J connectivity index is 1.86. The molecule has 2 fully saturated rings. The van der Waals surface area contributed by atoms with E-state index in [1.807, 2.05) is 4.57 Å². The van der Waals surface area contributed by atoms with Crippen LogP contribution in [0.4, 0.5) is 0 Å². The van der Waals surface area contributed by atoms with Crippen LogP contribution in [0.15, 0.2) is 15.3 Å². The molecule has 2 aliphatic carbocycles. The minimum absolute atomic E-state index is 0.0826. The maximum absolute atomic E-state index is 13.4. The van der Waals surface area contributed by atoms with Crippen molar-refractivity contribution < 1.29 is 4.79 Å². The third kappa shape index (κ3) is 3.24. The smallest absolute Gasteiger partial charge is 0.263 e. The van der Waals surface area contributed by atoms with Crippen LogP contribution in [0.25, 0.3) is 10.2 Å². The molecule has 134 valence electrons. The third-order valence-corrected chi connectivity index (χ3v) is 7.25. The fourth-order valence-electron chi connectivity index (χ4n) is 3.66. The molecule has 2 saturated carbocycles. The van der Waals surface area contributed by atoms with Gasteiger partial charge in [-0.05, 0) is 49.5 Å². The van der Waals surface area contributed by atoms with Crippen LogP contribution in [0, 0.1) is 0 Å². The number of thioether (sulfide) groups is 1. The standard InChI is InChI=1S/C18H23N3O2S2/c1-10(15(19)22)25-18-20-16-14(13(9-24-16)11-7-8-11)17(23)21(18)12-5-3-2-4-6-12/h9-12H,2-8H2,1H3,(H2,19,22). The minimum atomic E-state index is -0.401. The zero-order valence-corrected chi connectivity index (χ0v) is 16.0. The number of rotatable bonds is 5. The van der Waals surface area contributed by atoms with E-state index in [1.165, 1.54) is 36.6 Å². The van der Waals surface area contributed by atoms with Crippen molar-refractivity contribution in [3.05, 3.63) is 21.3 Å². The lowest BCUT2D eigenvalue weighted by Gasteiger charge is -2.26. The normalized spacial score (nSPS) is 20.0. The van der Waals surface area contributed by atoms with Crippen LogP contribution >= 0.6 is 23.1 Å². The van der Waals surface area contributed by atoms with Crippen LogP contribution in [-0.4, -0.2) is 20.7 Å². The molecule has 2 heterocycles. The maximum Gasteiger partial charge on any atom is 0.263 e. The van der Waals surface area contributed by atoms with Crippen molar-refractivity contribution in [1.82, 2.24) is 9.55 Å². The number of nitrogens with zero attached hydrogens (tertiary/aromatic N) is 2. The van der Waals surface area contributed by atoms with Gasteiger partial charge >= 0.3 is 0 Å². The summed E-state index contributed by atoms with van der Waals surface area (Å²) >= 11 is 2.87. The molecule has 1 unspecified atom stereocenters. The van der Waals surface area contributed by atoms with Gasteiger partial charge < -0.3 is 5.73 Å². The van der Waals surface area contributed by atoms with Crippen molar-refractivity contribution in [2.75, 3.05) is 0 Å². The van der Waals surface area contributed by atoms with Crippen LogP contribution in [-0.2, 0) is 4.79 Å². The van der Waals surface area contributed by atoms with Crippen LogP contribution in [0.5, 0.6) is 0 Å². The van der Waals surface area contributed by atoms with Gasteiger partial charge in [-0.15, -0.1) is 11.3 Å². The number of amides is 1. The highest BCUT2D eigenvalue weighted by atomic mass is 32.2. The monoisotopic (exact) mass is 377 g/mol. The van der Waals surface area contributed by atoms with Crippen LogP contribution in [0.1, 0.15) is 69.4 Å². The average molecular weight is 378 g/mol. The lowest BCUT2D eigenvalue weighted by molar-refractivity contribution is -0.117. The number of carbonyl (C=O) groups is 1. The first-order chi connectivity index (χ1) is 12.1. The highest BCUT2D eigenvalue weighted by molar-refractivity contribution is 8.00. The third-order valence-electron chi connectivity index (χ3n) is 5.28. The van der Waals surface area contributed by atoms with Gasteiger partial charge in [0.25, 0.3) is 5.56 Å². The fraction of sp³-hybridized carbons (Fsp3) is 0.611. The Bertz CT molecular complexity index is 863. The molecule has 4 rings (SSSR count). The van der Waals surface area contributed by atoms with Gasteiger partial charge in [0.05, 0.1) is 10.6 Å². The number of primary amides is 1. The van der Waals surface area contributed by atoms with Crippen molar-refractivity contribution in [2.45, 2.75) is 74.2 Å². The maximum atomic E-state index is 13.4. The molecule has 0 bridgehead atoms. The summed E-state index contributed by atoms with van der Waals surface area (Å²) in [5.74, 6) is 0.158. The van der Waals surface area contributed by atoms with E-state index in [1.54, 1.807) is 18.3 Å². The van der Waals surface area contributed by atoms with Gasteiger partial charge in [-0.3, -0.25) is 14.2 Å². The molecule has 2 aliphatic rings. The number of hydrogen-bond donors (Lipinski definition) is 1. The van der Waals surface area contributed by atoms with Crippen molar-refractivity contribution >= 4 is 39.2 Å². The molecule has 2 N–H and O–H groups in total. The van der Waals surface area contributed by atoms with Crippen molar-refractivity contribution in [3.8, 4) is 0 Å². The van der Waals surface area contributed by atoms with Crippen molar-refractivity contribution in [3.63, 3.8) is 0 Å². The van der Waals surface area contributed by atoms with E-state index in [2.05, 4.69) is 5.38 Å². The molecule has 5 nitrogen and oxygen atoms in total. The van der Waals surface area contributed by atoms with E-state index in [9.17, 15) is 9.59 Å². The highest BCUT2D eigenvalue weighted by Gasteiger charge is 2.30. The Morgan fingerprint density at radius 2 is 2.04 bits per heavy atom. The molecule has 1 atom stereocenters. The Kier molecular flexibility index (Phi) is 4.62. The summed E-state index contributed by atoms with van der Waals surface area (Å²) < 4.78 is 1.88. The average Bonchev–Trinajstić information content (AvgIpc) is 3.35. The topological polar surface area (TPSA) is 78.0 Å². The zero-order valence-electron chi connectivity index (χ0n) is 14.4. The fourth-order valence-corrected chi connectivity index (χ4v) is 5.65. The molecule has 25 heavy (non-hydrogen) atoms. The summed E-state index contributed by atoms with van der Waals surface area (Å²) in [5, 5.41) is 3.17. The van der Waals surface area contributed by atoms with Gasteiger partial charge in [0.15, 0.2) is 5.16 Å². The zero-order chi connectivity index (χ0) is 17.6. The van der Waals surface area contributed by atoms with Crippen molar-refractivity contribution in [2.24, 2.45) is 5.73 Å². The largest absolute Gasteiger partial charge is 0.369 e. The minimum Gasteiger partial charge on any atom is -0.369 e. The van der Waals surface area contributed by atoms with Crippen LogP contribution in [0.3, 0.4) is 0 Å². The van der Waals surface area contributed by atoms with Gasteiger partial charge in [-0.25, -0.2) is 4.98 Å². The second-order valence-electron chi connectivity index (χ2n) is 7.17. The SMILES string of the molecule is CC(Sc1nc2scc(C3CC3)c2c(=O)n1C1CCCCC1)C(N)=O. The van der Waals surface area contributed by atoms with E-state index in [0.717, 1.165) is 35.9 Å². The Hall–Kier alpha value is -1.34. The first-order valence-corrected chi connectivity index (χ1v) is 10.8. The number of carbonyl (C=O) groups excluding carboxylic acids is 1. The first kappa shape index (κ1) is 17.1. The molecule has 1 amide bonds. The Morgan fingerprint density at radius 3 is 2.68 bits per heavy atom. The van der Waals surface area contributed by atoms with E-state index in [0.29, 0.717) is 11.1 Å². The summed E-state index contributed by atoms with van der Waals surface area (Å²) in [7, 11) is 0. The van der Waals surface area contributed by atoms with Crippen molar-refractivity contribution in [1.29, 1.82) is 0 Å². The molecule has 2 aromatic heterocycles. The number of thiophene rings is 1. The second kappa shape index (κ2) is 6.76. The van der Waals surface area contributed by atoms with Crippen LogP contribution < -0.4 is 11.3 Å². The molecular formula is C18H23N3O2S2. The van der Waals surface area contributed by atoms with Gasteiger partial charge in [0.2, 0.25) is 5.91 Å². The number of hydrogen-bond acceptors (Lipinski definition) is 5. The van der Waals surface area contributed by atoms with Gasteiger partial charge in [-0.2, -0.15) is 0 Å². The number of nitrogens with two attached hydrogens (primary N) is 1. The molecule has 0 aromatic carbocycles. The summed E-state index contributed by atoms with van der Waals surface area (Å²) in [6.07, 6.45) is 7.87. The molecule has 0 aliphatic heterocycles. The summed E-state index contributed by atoms with van der Waals surface area (Å²) in [5.41, 5.74) is 6.71. The molecule has 0 radical (unpaired) electrons. The lowest BCUT2D eigenvalue weighted by Crippen LogP contribution is -2.30. The molecule has 0 saturated heterocycles. The van der Waals surface area contributed by atoms with E-state index in [4.69, 9.17) is 10.7 Å². The Labute approximate surface area is 155 Å². The first-order valence-electron chi connectivity index (χ1n) is 9.06. The number of fused-ring (bicyclic) bond motifs is 1. The molecule has 7 heteroatoms. The predicted molar refractivity (Wildman–Crippen MR) is 102 cm³/mol. The predicted octanol–water partition coefficient (Wildman–Crippen LogP) is 3.81. The summed E-state index contributed by atoms with van der Waals surface area (Å²) in [6.45, 7) is 1.78. The van der Waals surface area contributed by atoms with Crippen LogP contribution in [0.2, 0.25) is 0 Å². The van der Waals surface area contributed by atoms with Gasteiger partial charge in [-0.1, -0.05) is 31.0 Å². The quantitative estimate of drug-likeness (QED) is 0.635. The Morgan fingerprint density at radius 1 is 1.32 bits per heavy atom. The molecular weight excluding hydrogens is 354 g/mol. The highest BCUT2D eigenvalue weighted by Crippen LogP contribution is 2.44. The molecule has 2 aromatic rings. The van der Waals surface area contributed by atoms with Gasteiger partial charge in [0.1, 0.15) is 4.83 Å². The lowest BCUT2D eigenvalue weighted by atomic mass is 9.95. The van der Waals surface area contributed by atoms with Gasteiger partial charge in [0, 0.05) is 6.04 Å². The summed E-state index contributed by atoms with van der Waals surface area (Å²) in [6, 6.07) is 0.188. The second-order valence-corrected chi connectivity index (χ2v) is 9.34. The van der Waals surface area contributed by atoms with E-state index >= 15 is 0 Å². The van der Waals surface area contributed by atoms with E-state index < -0.39 is 5.25 Å².